The normalized spacial score (nSPS) is 15.4. The Labute approximate surface area is 222 Å². The first-order valence-corrected chi connectivity index (χ1v) is 12.0. The van der Waals surface area contributed by atoms with Gasteiger partial charge in [-0.3, -0.25) is 9.69 Å². The minimum absolute atomic E-state index is 0.188. The topological polar surface area (TPSA) is 153 Å². The molecule has 0 atom stereocenters. The molecule has 12 nitrogen and oxygen atoms in total. The van der Waals surface area contributed by atoms with E-state index >= 15 is 0 Å². The number of urea groups is 2. The molecule has 2 aliphatic heterocycles. The Morgan fingerprint density at radius 2 is 1.82 bits per heavy atom. The van der Waals surface area contributed by atoms with Crippen molar-refractivity contribution in [3.05, 3.63) is 65.0 Å². The van der Waals surface area contributed by atoms with Gasteiger partial charge in [-0.15, -0.1) is 0 Å². The van der Waals surface area contributed by atoms with E-state index < -0.39 is 18.2 Å². The van der Waals surface area contributed by atoms with Crippen LogP contribution in [0.25, 0.3) is 11.6 Å². The van der Waals surface area contributed by atoms with Crippen molar-refractivity contribution in [2.45, 2.75) is 13.8 Å². The first kappa shape index (κ1) is 25.4. The maximum Gasteiger partial charge on any atom is 0.511 e. The molecule has 12 heteroatoms. The van der Waals surface area contributed by atoms with Crippen LogP contribution in [-0.2, 0) is 4.79 Å². The predicted molar refractivity (Wildman–Crippen MR) is 143 cm³/mol. The summed E-state index contributed by atoms with van der Waals surface area (Å²) in [5.74, 6) is 0.496. The van der Waals surface area contributed by atoms with Crippen molar-refractivity contribution >= 4 is 52.8 Å². The van der Waals surface area contributed by atoms with Crippen LogP contribution in [0, 0.1) is 13.8 Å². The number of methoxy groups -OCH3 is 1. The zero-order chi connectivity index (χ0) is 27.8. The molecule has 3 aromatic rings. The molecule has 0 spiro atoms. The van der Waals surface area contributed by atoms with Gasteiger partial charge in [-0.1, -0.05) is 6.07 Å². The Kier molecular flexibility index (Phi) is 6.44. The van der Waals surface area contributed by atoms with E-state index in [1.807, 2.05) is 0 Å². The van der Waals surface area contributed by atoms with Gasteiger partial charge in [0.2, 0.25) is 0 Å². The van der Waals surface area contributed by atoms with E-state index in [9.17, 15) is 19.2 Å². The molecule has 0 saturated carbocycles. The van der Waals surface area contributed by atoms with E-state index in [1.165, 1.54) is 4.90 Å². The van der Waals surface area contributed by atoms with E-state index in [-0.39, 0.29) is 18.2 Å². The number of carboxylic acid groups (broad SMARTS) is 1. The number of nitrogens with one attached hydrogen (secondary N) is 3. The second-order valence-corrected chi connectivity index (χ2v) is 8.97. The fourth-order valence-corrected chi connectivity index (χ4v) is 4.62. The Morgan fingerprint density at radius 3 is 2.51 bits per heavy atom. The molecule has 4 N–H and O–H groups in total. The van der Waals surface area contributed by atoms with Gasteiger partial charge in [-0.05, 0) is 56.3 Å². The molecule has 1 fully saturated rings. The fourth-order valence-electron chi connectivity index (χ4n) is 4.62. The average Bonchev–Trinajstić information content (AvgIpc) is 3.52. The number of carbonyl (C=O) groups excluding carboxylic acids is 3. The molecule has 1 aromatic heterocycles. The molecule has 39 heavy (non-hydrogen) atoms. The van der Waals surface area contributed by atoms with Crippen molar-refractivity contribution in [1.82, 2.24) is 9.88 Å². The number of H-pyrrole nitrogens is 1. The summed E-state index contributed by atoms with van der Waals surface area (Å²) in [7, 11) is 1.56. The number of ether oxygens (including phenoxy) is 2. The van der Waals surface area contributed by atoms with Crippen LogP contribution in [0.1, 0.15) is 22.5 Å². The molecule has 200 valence electrons. The molecule has 0 bridgehead atoms. The maximum atomic E-state index is 12.9. The number of benzene rings is 2. The standard InChI is InChI=1S/C27H25N5O7/c1-14-21(28-15(2)23(14)39-27(36)37)13-20-19-9-4-16(12-22(19)30-24(20)33)29-25(34)32-11-10-31(26(32)35)17-5-7-18(38-3)8-6-17/h4-9,12-13,28H,10-11H2,1-3H3,(H,29,34)(H,30,33)(H,36,37)/b20-13-. The molecule has 1 saturated heterocycles. The predicted octanol–water partition coefficient (Wildman–Crippen LogP) is 4.66. The summed E-state index contributed by atoms with van der Waals surface area (Å²) in [5.41, 5.74) is 4.11. The van der Waals surface area contributed by atoms with Crippen molar-refractivity contribution < 1.29 is 33.8 Å². The second kappa shape index (κ2) is 9.89. The van der Waals surface area contributed by atoms with Gasteiger partial charge < -0.3 is 30.2 Å². The lowest BCUT2D eigenvalue weighted by molar-refractivity contribution is -0.110. The van der Waals surface area contributed by atoms with Crippen LogP contribution >= 0.6 is 0 Å². The number of hydrogen-bond donors (Lipinski definition) is 4. The van der Waals surface area contributed by atoms with Crippen molar-refractivity contribution in [3.8, 4) is 11.5 Å². The first-order chi connectivity index (χ1) is 18.7. The quantitative estimate of drug-likeness (QED) is 0.276. The number of aromatic amines is 1. The maximum absolute atomic E-state index is 12.9. The molecule has 0 radical (unpaired) electrons. The average molecular weight is 532 g/mol. The summed E-state index contributed by atoms with van der Waals surface area (Å²) in [6, 6.07) is 10.9. The minimum Gasteiger partial charge on any atom is -0.497 e. The number of amides is 5. The SMILES string of the molecule is COc1ccc(N2CCN(C(=O)Nc3ccc4c(c3)NC(=O)/C4=C\c3[nH]c(C)c(OC(=O)O)c3C)C2=O)cc1. The lowest BCUT2D eigenvalue weighted by atomic mass is 10.0. The van der Waals surface area contributed by atoms with Gasteiger partial charge in [-0.25, -0.2) is 19.3 Å². The van der Waals surface area contributed by atoms with Crippen LogP contribution in [0.4, 0.5) is 31.4 Å². The summed E-state index contributed by atoms with van der Waals surface area (Å²) in [6.45, 7) is 3.93. The summed E-state index contributed by atoms with van der Waals surface area (Å²) >= 11 is 0. The third kappa shape index (κ3) is 4.75. The molecule has 2 aliphatic rings. The van der Waals surface area contributed by atoms with Gasteiger partial charge in [0.05, 0.1) is 30.6 Å². The van der Waals surface area contributed by atoms with E-state index in [0.717, 1.165) is 4.90 Å². The number of aromatic nitrogens is 1. The van der Waals surface area contributed by atoms with E-state index in [4.69, 9.17) is 14.6 Å². The molecular weight excluding hydrogens is 506 g/mol. The van der Waals surface area contributed by atoms with Crippen molar-refractivity contribution in [2.75, 3.05) is 35.7 Å². The number of rotatable bonds is 5. The fraction of sp³-hybridized carbons (Fsp3) is 0.185. The van der Waals surface area contributed by atoms with Gasteiger partial charge in [0.15, 0.2) is 5.75 Å². The van der Waals surface area contributed by atoms with E-state index in [0.29, 0.717) is 57.4 Å². The summed E-state index contributed by atoms with van der Waals surface area (Å²) in [4.78, 5) is 55.2. The molecule has 0 unspecified atom stereocenters. The van der Waals surface area contributed by atoms with Crippen LogP contribution < -0.4 is 25.0 Å². The lowest BCUT2D eigenvalue weighted by Crippen LogP contribution is -2.39. The summed E-state index contributed by atoms with van der Waals surface area (Å²) < 4.78 is 9.99. The third-order valence-electron chi connectivity index (χ3n) is 6.58. The number of hydrogen-bond acceptors (Lipinski definition) is 6. The zero-order valence-corrected chi connectivity index (χ0v) is 21.3. The summed E-state index contributed by atoms with van der Waals surface area (Å²) in [5, 5.41) is 14.5. The number of aryl methyl sites for hydroxylation is 1. The highest BCUT2D eigenvalue weighted by molar-refractivity contribution is 6.35. The van der Waals surface area contributed by atoms with Crippen LogP contribution in [0.5, 0.6) is 11.5 Å². The zero-order valence-electron chi connectivity index (χ0n) is 21.3. The second-order valence-electron chi connectivity index (χ2n) is 8.97. The number of imide groups is 1. The van der Waals surface area contributed by atoms with E-state index in [2.05, 4.69) is 15.6 Å². The highest BCUT2D eigenvalue weighted by Gasteiger charge is 2.34. The van der Waals surface area contributed by atoms with E-state index in [1.54, 1.807) is 69.5 Å². The third-order valence-corrected chi connectivity index (χ3v) is 6.58. The Bertz CT molecular complexity index is 1540. The lowest BCUT2D eigenvalue weighted by Gasteiger charge is -2.18. The molecule has 5 rings (SSSR count). The first-order valence-electron chi connectivity index (χ1n) is 12.0. The van der Waals surface area contributed by atoms with Gasteiger partial charge in [-0.2, -0.15) is 0 Å². The van der Waals surface area contributed by atoms with Gasteiger partial charge in [0.1, 0.15) is 5.75 Å². The Hall–Kier alpha value is -5.26. The molecule has 5 amide bonds. The van der Waals surface area contributed by atoms with Crippen LogP contribution in [-0.4, -0.2) is 59.3 Å². The van der Waals surface area contributed by atoms with Crippen molar-refractivity contribution in [2.24, 2.45) is 0 Å². The van der Waals surface area contributed by atoms with Gasteiger partial charge in [0, 0.05) is 34.7 Å². The summed E-state index contributed by atoms with van der Waals surface area (Å²) in [6.07, 6.45) is 0.189. The van der Waals surface area contributed by atoms with Gasteiger partial charge in [0.25, 0.3) is 5.91 Å². The molecule has 2 aromatic carbocycles. The number of anilines is 3. The van der Waals surface area contributed by atoms with Crippen LogP contribution in [0.15, 0.2) is 42.5 Å². The largest absolute Gasteiger partial charge is 0.511 e. The monoisotopic (exact) mass is 531 g/mol. The number of fused-ring (bicyclic) bond motifs is 1. The number of nitrogens with zero attached hydrogens (tertiary/aromatic N) is 2. The Morgan fingerprint density at radius 1 is 1.08 bits per heavy atom. The minimum atomic E-state index is -1.43. The van der Waals surface area contributed by atoms with Crippen molar-refractivity contribution in [1.29, 1.82) is 0 Å². The van der Waals surface area contributed by atoms with Crippen LogP contribution in [0.3, 0.4) is 0 Å². The molecule has 3 heterocycles. The smallest absolute Gasteiger partial charge is 0.497 e. The highest BCUT2D eigenvalue weighted by Crippen LogP contribution is 2.37. The Balaban J connectivity index is 1.31. The van der Waals surface area contributed by atoms with Crippen LogP contribution in [0.2, 0.25) is 0 Å². The molecular formula is C27H25N5O7. The van der Waals surface area contributed by atoms with Gasteiger partial charge >= 0.3 is 18.2 Å². The highest BCUT2D eigenvalue weighted by atomic mass is 16.7. The molecule has 0 aliphatic carbocycles. The van der Waals surface area contributed by atoms with Crippen molar-refractivity contribution in [3.63, 3.8) is 0 Å². The number of carbonyl (C=O) groups is 4.